The second-order valence-electron chi connectivity index (χ2n) is 4.58. The van der Waals surface area contributed by atoms with Crippen molar-refractivity contribution in [3.05, 3.63) is 59.8 Å². The summed E-state index contributed by atoms with van der Waals surface area (Å²) in [5.74, 6) is -0.779. The summed E-state index contributed by atoms with van der Waals surface area (Å²) >= 11 is 0. The molecule has 2 aromatic rings. The van der Waals surface area contributed by atoms with E-state index in [0.717, 1.165) is 5.56 Å². The molecule has 0 aliphatic rings. The molecule has 1 unspecified atom stereocenters. The second kappa shape index (κ2) is 6.52. The predicted octanol–water partition coefficient (Wildman–Crippen LogP) is 2.51. The average molecular weight is 306 g/mol. The fourth-order valence-corrected chi connectivity index (χ4v) is 3.13. The van der Waals surface area contributed by atoms with Gasteiger partial charge >= 0.3 is 5.97 Å². The maximum absolute atomic E-state index is 12.2. The molecule has 0 saturated carbocycles. The summed E-state index contributed by atoms with van der Waals surface area (Å²) in [5.41, 5.74) is 1.25. The first kappa shape index (κ1) is 15.2. The van der Waals surface area contributed by atoms with Crippen LogP contribution in [0.2, 0.25) is 0 Å². The number of pyridine rings is 1. The molecule has 0 radical (unpaired) electrons. The topological polar surface area (TPSA) is 99.5 Å². The molecule has 1 aromatic heterocycles. The number of hydrogen-bond donors (Lipinski definition) is 3. The van der Waals surface area contributed by atoms with Gasteiger partial charge in [0.2, 0.25) is 0 Å². The van der Waals surface area contributed by atoms with Crippen molar-refractivity contribution in [3.8, 4) is 0 Å². The maximum atomic E-state index is 12.2. The van der Waals surface area contributed by atoms with Gasteiger partial charge in [-0.2, -0.15) is 0 Å². The summed E-state index contributed by atoms with van der Waals surface area (Å²) in [5, 5.41) is 11.2. The van der Waals surface area contributed by atoms with E-state index in [4.69, 9.17) is 5.11 Å². The summed E-state index contributed by atoms with van der Waals surface area (Å²) in [6.45, 7) is 0. The third-order valence-corrected chi connectivity index (χ3v) is 4.08. The van der Waals surface area contributed by atoms with Crippen LogP contribution in [0, 0.1) is 0 Å². The normalized spacial score (nSPS) is 13.4. The summed E-state index contributed by atoms with van der Waals surface area (Å²) < 4.78 is 12.2. The molecular weight excluding hydrogens is 291 g/mol. The van der Waals surface area contributed by atoms with Crippen molar-refractivity contribution < 1.29 is 19.4 Å². The molecule has 1 atom stereocenters. The van der Waals surface area contributed by atoms with E-state index >= 15 is 0 Å². The fourth-order valence-electron chi connectivity index (χ4n) is 1.87. The van der Waals surface area contributed by atoms with Gasteiger partial charge in [-0.1, -0.05) is 30.3 Å². The van der Waals surface area contributed by atoms with E-state index in [1.54, 1.807) is 30.3 Å². The standard InChI is InChI=1S/C14H15N2O4P/c17-14(18)9-12-6-7-15-13(8-12)16-21(19,20)10-11-4-2-1-3-5-11/h1-8H,9-10H2,(H,17,18)(H2,15,16,19,20). The first-order valence-corrected chi connectivity index (χ1v) is 8.10. The fraction of sp³-hybridized carbons (Fsp3) is 0.143. The Morgan fingerprint density at radius 2 is 1.90 bits per heavy atom. The van der Waals surface area contributed by atoms with Crippen LogP contribution in [0.1, 0.15) is 11.1 Å². The average Bonchev–Trinajstić information content (AvgIpc) is 2.38. The number of carboxylic acids is 1. The second-order valence-corrected chi connectivity index (χ2v) is 6.52. The van der Waals surface area contributed by atoms with Gasteiger partial charge in [-0.3, -0.25) is 14.4 Å². The van der Waals surface area contributed by atoms with Gasteiger partial charge in [0.25, 0.3) is 7.52 Å². The SMILES string of the molecule is O=C(O)Cc1ccnc(NP(=O)(O)Cc2ccccc2)c1. The zero-order chi connectivity index (χ0) is 15.3. The number of nitrogens with one attached hydrogen (secondary N) is 1. The van der Waals surface area contributed by atoms with Gasteiger partial charge in [0, 0.05) is 6.20 Å². The number of benzene rings is 1. The van der Waals surface area contributed by atoms with Gasteiger partial charge in [0.05, 0.1) is 12.6 Å². The van der Waals surface area contributed by atoms with Crippen LogP contribution in [0.4, 0.5) is 5.82 Å². The maximum Gasteiger partial charge on any atom is 0.307 e. The first-order chi connectivity index (χ1) is 9.94. The highest BCUT2D eigenvalue weighted by Crippen LogP contribution is 2.43. The van der Waals surface area contributed by atoms with Gasteiger partial charge in [-0.15, -0.1) is 0 Å². The molecule has 6 nitrogen and oxygen atoms in total. The molecule has 1 heterocycles. The molecule has 0 aliphatic heterocycles. The Balaban J connectivity index is 2.09. The number of aromatic nitrogens is 1. The van der Waals surface area contributed by atoms with E-state index in [9.17, 15) is 14.3 Å². The van der Waals surface area contributed by atoms with Crippen molar-refractivity contribution in [1.29, 1.82) is 0 Å². The van der Waals surface area contributed by atoms with Gasteiger partial charge in [-0.25, -0.2) is 4.98 Å². The lowest BCUT2D eigenvalue weighted by Crippen LogP contribution is -2.04. The third-order valence-electron chi connectivity index (χ3n) is 2.71. The van der Waals surface area contributed by atoms with Gasteiger partial charge in [0.15, 0.2) is 0 Å². The van der Waals surface area contributed by atoms with Crippen molar-refractivity contribution in [2.45, 2.75) is 12.6 Å². The Kier molecular flexibility index (Phi) is 4.73. The number of rotatable bonds is 6. The van der Waals surface area contributed by atoms with E-state index in [2.05, 4.69) is 10.1 Å². The molecule has 0 amide bonds. The number of carboxylic acid groups (broad SMARTS) is 1. The quantitative estimate of drug-likeness (QED) is 0.709. The van der Waals surface area contributed by atoms with Crippen LogP contribution >= 0.6 is 7.52 Å². The van der Waals surface area contributed by atoms with Crippen molar-refractivity contribution in [2.75, 3.05) is 5.09 Å². The molecule has 3 N–H and O–H groups in total. The predicted molar refractivity (Wildman–Crippen MR) is 79.2 cm³/mol. The van der Waals surface area contributed by atoms with Crippen LogP contribution in [0.15, 0.2) is 48.7 Å². The highest BCUT2D eigenvalue weighted by atomic mass is 31.2. The van der Waals surface area contributed by atoms with Crippen LogP contribution in [-0.2, 0) is 21.9 Å². The molecule has 7 heteroatoms. The summed E-state index contributed by atoms with van der Waals surface area (Å²) in [6.07, 6.45) is 1.22. The van der Waals surface area contributed by atoms with Gasteiger partial charge in [-0.05, 0) is 23.3 Å². The molecule has 21 heavy (non-hydrogen) atoms. The van der Waals surface area contributed by atoms with E-state index in [0.29, 0.717) is 5.56 Å². The lowest BCUT2D eigenvalue weighted by molar-refractivity contribution is -0.136. The lowest BCUT2D eigenvalue weighted by Gasteiger charge is -2.14. The monoisotopic (exact) mass is 306 g/mol. The highest BCUT2D eigenvalue weighted by Gasteiger charge is 2.19. The minimum atomic E-state index is -3.65. The Labute approximate surface area is 122 Å². The molecule has 0 aliphatic carbocycles. The minimum absolute atomic E-state index is 0.0291. The summed E-state index contributed by atoms with van der Waals surface area (Å²) in [6, 6.07) is 12.0. The number of hydrogen-bond acceptors (Lipinski definition) is 3. The van der Waals surface area contributed by atoms with Gasteiger partial charge < -0.3 is 10.00 Å². The third kappa shape index (κ3) is 5.02. The van der Waals surface area contributed by atoms with E-state index in [1.165, 1.54) is 12.3 Å². The Morgan fingerprint density at radius 3 is 2.57 bits per heavy atom. The zero-order valence-electron chi connectivity index (χ0n) is 11.1. The summed E-state index contributed by atoms with van der Waals surface area (Å²) in [7, 11) is -3.65. The Bertz CT molecular complexity index is 676. The van der Waals surface area contributed by atoms with Crippen molar-refractivity contribution in [1.82, 2.24) is 4.98 Å². The molecular formula is C14H15N2O4P. The number of nitrogens with zero attached hydrogens (tertiary/aromatic N) is 1. The van der Waals surface area contributed by atoms with E-state index in [-0.39, 0.29) is 18.4 Å². The zero-order valence-corrected chi connectivity index (χ0v) is 12.0. The molecule has 0 spiro atoms. The number of carbonyl (C=O) groups is 1. The molecule has 1 aromatic carbocycles. The first-order valence-electron chi connectivity index (χ1n) is 6.25. The molecule has 0 saturated heterocycles. The number of aliphatic carboxylic acids is 1. The van der Waals surface area contributed by atoms with E-state index < -0.39 is 13.5 Å². The molecule has 110 valence electrons. The van der Waals surface area contributed by atoms with Crippen LogP contribution in [-0.4, -0.2) is 21.0 Å². The Hall–Kier alpha value is -2.17. The smallest absolute Gasteiger partial charge is 0.307 e. The lowest BCUT2D eigenvalue weighted by atomic mass is 10.2. The van der Waals surface area contributed by atoms with Gasteiger partial charge in [0.1, 0.15) is 5.82 Å². The molecule has 0 fully saturated rings. The van der Waals surface area contributed by atoms with Crippen molar-refractivity contribution in [2.24, 2.45) is 0 Å². The van der Waals surface area contributed by atoms with Crippen LogP contribution in [0.5, 0.6) is 0 Å². The largest absolute Gasteiger partial charge is 0.481 e. The van der Waals surface area contributed by atoms with Crippen molar-refractivity contribution >= 4 is 19.3 Å². The van der Waals surface area contributed by atoms with Crippen LogP contribution in [0.25, 0.3) is 0 Å². The Morgan fingerprint density at radius 1 is 1.19 bits per heavy atom. The summed E-state index contributed by atoms with van der Waals surface area (Å²) in [4.78, 5) is 24.6. The van der Waals surface area contributed by atoms with Crippen molar-refractivity contribution in [3.63, 3.8) is 0 Å². The number of anilines is 1. The highest BCUT2D eigenvalue weighted by molar-refractivity contribution is 7.58. The molecule has 0 bridgehead atoms. The minimum Gasteiger partial charge on any atom is -0.481 e. The molecule has 2 rings (SSSR count). The van der Waals surface area contributed by atoms with Crippen LogP contribution in [0.3, 0.4) is 0 Å². The van der Waals surface area contributed by atoms with E-state index in [1.807, 2.05) is 6.07 Å². The van der Waals surface area contributed by atoms with Crippen LogP contribution < -0.4 is 5.09 Å².